The van der Waals surface area contributed by atoms with Gasteiger partial charge in [-0.3, -0.25) is 20.4 Å². The van der Waals surface area contributed by atoms with Gasteiger partial charge in [-0.25, -0.2) is 0 Å². The number of aromatic nitrogens is 1. The number of nitrogens with one attached hydrogen (secondary N) is 3. The molecule has 3 N–H and O–H groups in total. The summed E-state index contributed by atoms with van der Waals surface area (Å²) in [5.41, 5.74) is 5.76. The van der Waals surface area contributed by atoms with Gasteiger partial charge in [0.25, 0.3) is 5.91 Å². The van der Waals surface area contributed by atoms with E-state index in [1.54, 1.807) is 30.5 Å². The molecule has 1 aromatic heterocycles. The Morgan fingerprint density at radius 2 is 1.87 bits per heavy atom. The van der Waals surface area contributed by atoms with Crippen LogP contribution in [0.3, 0.4) is 0 Å². The number of carbonyl (C=O) groups is 2. The largest absolute Gasteiger partial charge is 0.493 e. The monoisotopic (exact) mass is 381 g/mol. The number of hydrogen-bond donors (Lipinski definition) is 3. The minimum atomic E-state index is -0.422. The second-order valence-corrected chi connectivity index (χ2v) is 5.42. The fraction of sp³-hybridized carbons (Fsp3) is 0.200. The second-order valence-electron chi connectivity index (χ2n) is 4.56. The van der Waals surface area contributed by atoms with Crippen molar-refractivity contribution in [2.24, 2.45) is 0 Å². The Balaban J connectivity index is 1.98. The van der Waals surface area contributed by atoms with Crippen molar-refractivity contribution in [3.8, 4) is 11.5 Å². The van der Waals surface area contributed by atoms with Gasteiger partial charge in [0, 0.05) is 10.7 Å². The molecule has 7 nitrogen and oxygen atoms in total. The van der Waals surface area contributed by atoms with Crippen molar-refractivity contribution >= 4 is 27.7 Å². The normalized spacial score (nSPS) is 10.0. The molecule has 0 atom stereocenters. The lowest BCUT2D eigenvalue weighted by Crippen LogP contribution is -2.42. The van der Waals surface area contributed by atoms with Crippen LogP contribution >= 0.6 is 15.9 Å². The van der Waals surface area contributed by atoms with E-state index >= 15 is 0 Å². The van der Waals surface area contributed by atoms with Crippen molar-refractivity contribution in [2.75, 3.05) is 14.2 Å². The number of halogens is 1. The third-order valence-corrected chi connectivity index (χ3v) is 3.80. The summed E-state index contributed by atoms with van der Waals surface area (Å²) in [7, 11) is 3.05. The molecule has 23 heavy (non-hydrogen) atoms. The smallest absolute Gasteiger partial charge is 0.286 e. The van der Waals surface area contributed by atoms with Crippen molar-refractivity contribution < 1.29 is 19.1 Å². The summed E-state index contributed by atoms with van der Waals surface area (Å²) in [4.78, 5) is 26.4. The number of hydrogen-bond acceptors (Lipinski definition) is 4. The highest BCUT2D eigenvalue weighted by Crippen LogP contribution is 2.33. The lowest BCUT2D eigenvalue weighted by Gasteiger charge is -2.12. The fourth-order valence-corrected chi connectivity index (χ4v) is 2.38. The summed E-state index contributed by atoms with van der Waals surface area (Å²) >= 11 is 3.38. The van der Waals surface area contributed by atoms with Crippen LogP contribution in [0.4, 0.5) is 0 Å². The van der Waals surface area contributed by atoms with E-state index in [4.69, 9.17) is 9.47 Å². The van der Waals surface area contributed by atoms with E-state index in [9.17, 15) is 9.59 Å². The molecule has 0 unspecified atom stereocenters. The average molecular weight is 382 g/mol. The molecule has 1 heterocycles. The number of carbonyl (C=O) groups excluding carboxylic acids is 2. The molecule has 122 valence electrons. The Morgan fingerprint density at radius 1 is 1.17 bits per heavy atom. The molecular weight excluding hydrogens is 366 g/mol. The summed E-state index contributed by atoms with van der Waals surface area (Å²) in [5, 5.41) is 0. The van der Waals surface area contributed by atoms with Gasteiger partial charge < -0.3 is 14.5 Å². The van der Waals surface area contributed by atoms with Gasteiger partial charge >= 0.3 is 0 Å². The molecule has 2 rings (SSSR count). The predicted molar refractivity (Wildman–Crippen MR) is 87.4 cm³/mol. The topological polar surface area (TPSA) is 92.5 Å². The van der Waals surface area contributed by atoms with Crippen LogP contribution in [0.5, 0.6) is 11.5 Å². The molecule has 8 heteroatoms. The van der Waals surface area contributed by atoms with E-state index in [2.05, 4.69) is 31.8 Å². The fourth-order valence-electron chi connectivity index (χ4n) is 1.91. The maximum absolute atomic E-state index is 12.0. The zero-order chi connectivity index (χ0) is 16.8. The van der Waals surface area contributed by atoms with Crippen LogP contribution in [-0.2, 0) is 11.2 Å². The van der Waals surface area contributed by atoms with Crippen molar-refractivity contribution in [2.45, 2.75) is 6.42 Å². The third kappa shape index (κ3) is 4.26. The van der Waals surface area contributed by atoms with E-state index in [1.165, 1.54) is 14.2 Å². The molecule has 0 aliphatic rings. The minimum Gasteiger partial charge on any atom is -0.493 e. The zero-order valence-electron chi connectivity index (χ0n) is 12.6. The highest BCUT2D eigenvalue weighted by Gasteiger charge is 2.13. The van der Waals surface area contributed by atoms with E-state index in [0.29, 0.717) is 27.2 Å². The first-order valence-corrected chi connectivity index (χ1v) is 7.47. The number of methoxy groups -OCH3 is 2. The number of benzene rings is 1. The average Bonchev–Trinajstić information content (AvgIpc) is 3.08. The van der Waals surface area contributed by atoms with E-state index in [-0.39, 0.29) is 12.3 Å². The quantitative estimate of drug-likeness (QED) is 0.688. The summed E-state index contributed by atoms with van der Waals surface area (Å²) in [6, 6.07) is 6.72. The molecule has 0 radical (unpaired) electrons. The second kappa shape index (κ2) is 7.68. The van der Waals surface area contributed by atoms with Crippen molar-refractivity contribution in [3.05, 3.63) is 46.2 Å². The van der Waals surface area contributed by atoms with Gasteiger partial charge in [-0.15, -0.1) is 0 Å². The summed E-state index contributed by atoms with van der Waals surface area (Å²) in [6.45, 7) is 0. The van der Waals surface area contributed by atoms with Gasteiger partial charge in [0.05, 0.1) is 20.6 Å². The van der Waals surface area contributed by atoms with Crippen molar-refractivity contribution in [1.82, 2.24) is 15.8 Å². The van der Waals surface area contributed by atoms with Gasteiger partial charge in [0.1, 0.15) is 5.69 Å². The molecule has 0 aliphatic heterocycles. The maximum atomic E-state index is 12.0. The maximum Gasteiger partial charge on any atom is 0.286 e. The minimum absolute atomic E-state index is 0.0615. The SMILES string of the molecule is COc1cc(Br)c(CC(=O)NNC(=O)c2ccc[nH]2)cc1OC. The van der Waals surface area contributed by atoms with Crippen LogP contribution in [0.25, 0.3) is 0 Å². The first-order chi connectivity index (χ1) is 11.0. The Bertz CT molecular complexity index is 701. The van der Waals surface area contributed by atoms with Crippen LogP contribution in [0, 0.1) is 0 Å². The van der Waals surface area contributed by atoms with Gasteiger partial charge in [-0.05, 0) is 29.8 Å². The number of H-pyrrole nitrogens is 1. The van der Waals surface area contributed by atoms with Gasteiger partial charge in [0.15, 0.2) is 11.5 Å². The van der Waals surface area contributed by atoms with Crippen LogP contribution in [0.15, 0.2) is 34.9 Å². The lowest BCUT2D eigenvalue weighted by atomic mass is 10.1. The van der Waals surface area contributed by atoms with Gasteiger partial charge in [0.2, 0.25) is 5.91 Å². The van der Waals surface area contributed by atoms with Crippen molar-refractivity contribution in [3.63, 3.8) is 0 Å². The molecule has 0 spiro atoms. The Kier molecular flexibility index (Phi) is 5.64. The standard InChI is InChI=1S/C15H16BrN3O4/c1-22-12-6-9(10(16)8-13(12)23-2)7-14(20)18-19-15(21)11-4-3-5-17-11/h3-6,8,17H,7H2,1-2H3,(H,18,20)(H,19,21). The van der Waals surface area contributed by atoms with Crippen LogP contribution in [-0.4, -0.2) is 31.0 Å². The molecule has 0 saturated heterocycles. The number of amides is 2. The Morgan fingerprint density at radius 3 is 2.48 bits per heavy atom. The van der Waals surface area contributed by atoms with E-state index in [1.807, 2.05) is 0 Å². The highest BCUT2D eigenvalue weighted by atomic mass is 79.9. The van der Waals surface area contributed by atoms with Crippen LogP contribution < -0.4 is 20.3 Å². The molecule has 1 aromatic carbocycles. The van der Waals surface area contributed by atoms with E-state index in [0.717, 1.165) is 0 Å². The Labute approximate surface area is 141 Å². The summed E-state index contributed by atoms with van der Waals surface area (Å²) in [5.74, 6) is 0.296. The predicted octanol–water partition coefficient (Wildman–Crippen LogP) is 1.80. The number of aromatic amines is 1. The molecule has 0 aliphatic carbocycles. The lowest BCUT2D eigenvalue weighted by molar-refractivity contribution is -0.121. The van der Waals surface area contributed by atoms with Gasteiger partial charge in [-0.2, -0.15) is 0 Å². The molecule has 2 aromatic rings. The third-order valence-electron chi connectivity index (χ3n) is 3.06. The molecule has 0 saturated carbocycles. The summed E-state index contributed by atoms with van der Waals surface area (Å²) in [6.07, 6.45) is 1.68. The van der Waals surface area contributed by atoms with Crippen LogP contribution in [0.2, 0.25) is 0 Å². The van der Waals surface area contributed by atoms with Crippen LogP contribution in [0.1, 0.15) is 16.1 Å². The van der Waals surface area contributed by atoms with Gasteiger partial charge in [-0.1, -0.05) is 15.9 Å². The Hall–Kier alpha value is -2.48. The highest BCUT2D eigenvalue weighted by molar-refractivity contribution is 9.10. The van der Waals surface area contributed by atoms with E-state index < -0.39 is 5.91 Å². The number of rotatable bonds is 5. The number of hydrazine groups is 1. The molecule has 0 bridgehead atoms. The first-order valence-electron chi connectivity index (χ1n) is 6.68. The zero-order valence-corrected chi connectivity index (χ0v) is 14.2. The summed E-state index contributed by atoms with van der Waals surface area (Å²) < 4.78 is 11.1. The molecular formula is C15H16BrN3O4. The first kappa shape index (κ1) is 16.9. The molecule has 0 fully saturated rings. The number of ether oxygens (including phenoxy) is 2. The van der Waals surface area contributed by atoms with Crippen molar-refractivity contribution in [1.29, 1.82) is 0 Å². The molecule has 2 amide bonds.